The van der Waals surface area contributed by atoms with E-state index in [9.17, 15) is 0 Å². The molecule has 2 nitrogen and oxygen atoms in total. The molecule has 0 aliphatic heterocycles. The highest BCUT2D eigenvalue weighted by Crippen LogP contribution is 2.15. The lowest BCUT2D eigenvalue weighted by Crippen LogP contribution is -1.94. The molecule has 1 rings (SSSR count). The Balaban J connectivity index is 2.91. The molecule has 0 saturated heterocycles. The molecule has 0 fully saturated rings. The molecule has 11 heavy (non-hydrogen) atoms. The van der Waals surface area contributed by atoms with Crippen molar-refractivity contribution in [1.29, 1.82) is 0 Å². The second-order valence-electron chi connectivity index (χ2n) is 2.39. The van der Waals surface area contributed by atoms with E-state index in [1.165, 1.54) is 5.56 Å². The first-order valence-corrected chi connectivity index (χ1v) is 4.42. The zero-order chi connectivity index (χ0) is 8.27. The molecule has 0 aliphatic rings. The maximum absolute atomic E-state index is 8.58. The maximum atomic E-state index is 8.58. The minimum Gasteiger partial charge on any atom is -0.411 e. The van der Waals surface area contributed by atoms with Crippen LogP contribution in [0.1, 0.15) is 23.8 Å². The van der Waals surface area contributed by atoms with E-state index in [4.69, 9.17) is 5.21 Å². The maximum Gasteiger partial charge on any atom is 0.0964 e. The highest BCUT2D eigenvalue weighted by Gasteiger charge is 2.02. The molecular weight excluding hydrogens is 158 g/mol. The Morgan fingerprint density at radius 3 is 2.82 bits per heavy atom. The predicted octanol–water partition coefficient (Wildman–Crippen LogP) is 2.64. The zero-order valence-corrected chi connectivity index (χ0v) is 7.48. The number of oxime groups is 1. The first-order chi connectivity index (χ1) is 5.27. The molecule has 0 unspecified atom stereocenters. The first-order valence-electron chi connectivity index (χ1n) is 3.54. The van der Waals surface area contributed by atoms with Crippen molar-refractivity contribution < 1.29 is 5.21 Å². The van der Waals surface area contributed by atoms with Crippen LogP contribution in [0.2, 0.25) is 0 Å². The van der Waals surface area contributed by atoms with Crippen LogP contribution in [-0.4, -0.2) is 10.9 Å². The summed E-state index contributed by atoms with van der Waals surface area (Å²) in [5.74, 6) is 0. The van der Waals surface area contributed by atoms with Gasteiger partial charge in [-0.25, -0.2) is 0 Å². The monoisotopic (exact) mass is 169 g/mol. The van der Waals surface area contributed by atoms with Crippen LogP contribution in [0.4, 0.5) is 0 Å². The Morgan fingerprint density at radius 2 is 2.45 bits per heavy atom. The minimum absolute atomic E-state index is 0.767. The van der Waals surface area contributed by atoms with Crippen molar-refractivity contribution in [1.82, 2.24) is 0 Å². The standard InChI is InChI=1S/C8H11NOS/c1-3-7(9-10)8-4-6(2)5-11-8/h4-5,10H,3H2,1-2H3/b9-7-. The number of aryl methyl sites for hydroxylation is 1. The van der Waals surface area contributed by atoms with Gasteiger partial charge in [-0.15, -0.1) is 11.3 Å². The molecule has 1 N–H and O–H groups in total. The van der Waals surface area contributed by atoms with Gasteiger partial charge >= 0.3 is 0 Å². The summed E-state index contributed by atoms with van der Waals surface area (Å²) in [7, 11) is 0. The number of nitrogens with zero attached hydrogens (tertiary/aromatic N) is 1. The number of rotatable bonds is 2. The SMILES string of the molecule is CC/C(=N/O)c1cc(C)cs1. The fourth-order valence-electron chi connectivity index (χ4n) is 0.877. The van der Waals surface area contributed by atoms with Gasteiger partial charge in [0, 0.05) is 0 Å². The molecule has 0 saturated carbocycles. The molecule has 0 atom stereocenters. The van der Waals surface area contributed by atoms with Gasteiger partial charge in [-0.2, -0.15) is 0 Å². The molecule has 1 heterocycles. The summed E-state index contributed by atoms with van der Waals surface area (Å²) >= 11 is 1.62. The summed E-state index contributed by atoms with van der Waals surface area (Å²) in [5.41, 5.74) is 1.99. The van der Waals surface area contributed by atoms with E-state index in [1.54, 1.807) is 11.3 Å². The Bertz CT molecular complexity index is 265. The Kier molecular flexibility index (Phi) is 2.65. The topological polar surface area (TPSA) is 32.6 Å². The first kappa shape index (κ1) is 8.27. The molecule has 0 aromatic carbocycles. The second kappa shape index (κ2) is 3.53. The second-order valence-corrected chi connectivity index (χ2v) is 3.30. The van der Waals surface area contributed by atoms with E-state index >= 15 is 0 Å². The number of thiophene rings is 1. The van der Waals surface area contributed by atoms with E-state index in [2.05, 4.69) is 10.5 Å². The average molecular weight is 169 g/mol. The summed E-state index contributed by atoms with van der Waals surface area (Å²) < 4.78 is 0. The van der Waals surface area contributed by atoms with Gasteiger partial charge < -0.3 is 5.21 Å². The molecule has 3 heteroatoms. The molecule has 60 valence electrons. The largest absolute Gasteiger partial charge is 0.411 e. The molecule has 0 bridgehead atoms. The van der Waals surface area contributed by atoms with Crippen LogP contribution in [0.5, 0.6) is 0 Å². The normalized spacial score (nSPS) is 12.0. The Morgan fingerprint density at radius 1 is 1.73 bits per heavy atom. The van der Waals surface area contributed by atoms with Crippen molar-refractivity contribution in [3.8, 4) is 0 Å². The van der Waals surface area contributed by atoms with Crippen molar-refractivity contribution in [2.75, 3.05) is 0 Å². The van der Waals surface area contributed by atoms with Crippen molar-refractivity contribution in [3.05, 3.63) is 21.9 Å². The Labute approximate surface area is 70.2 Å². The van der Waals surface area contributed by atoms with E-state index in [0.717, 1.165) is 17.0 Å². The van der Waals surface area contributed by atoms with Gasteiger partial charge in [-0.3, -0.25) is 0 Å². The predicted molar refractivity (Wildman–Crippen MR) is 47.7 cm³/mol. The summed E-state index contributed by atoms with van der Waals surface area (Å²) in [6, 6.07) is 2.03. The smallest absolute Gasteiger partial charge is 0.0964 e. The van der Waals surface area contributed by atoms with Gasteiger partial charge in [-0.1, -0.05) is 12.1 Å². The molecule has 0 amide bonds. The van der Waals surface area contributed by atoms with E-state index in [1.807, 2.05) is 19.9 Å². The summed E-state index contributed by atoms with van der Waals surface area (Å²) in [5, 5.41) is 13.9. The summed E-state index contributed by atoms with van der Waals surface area (Å²) in [4.78, 5) is 1.06. The van der Waals surface area contributed by atoms with Crippen molar-refractivity contribution in [2.24, 2.45) is 5.16 Å². The van der Waals surface area contributed by atoms with Crippen LogP contribution in [0.25, 0.3) is 0 Å². The summed E-state index contributed by atoms with van der Waals surface area (Å²) in [6.07, 6.45) is 0.774. The van der Waals surface area contributed by atoms with Gasteiger partial charge in [0.25, 0.3) is 0 Å². The average Bonchev–Trinajstić information content (AvgIpc) is 2.39. The third-order valence-corrected chi connectivity index (χ3v) is 2.57. The van der Waals surface area contributed by atoms with Crippen molar-refractivity contribution in [3.63, 3.8) is 0 Å². The van der Waals surface area contributed by atoms with Crippen LogP contribution in [0.3, 0.4) is 0 Å². The zero-order valence-electron chi connectivity index (χ0n) is 6.66. The fraction of sp³-hybridized carbons (Fsp3) is 0.375. The van der Waals surface area contributed by atoms with E-state index < -0.39 is 0 Å². The van der Waals surface area contributed by atoms with Gasteiger partial charge in [-0.05, 0) is 30.4 Å². The third kappa shape index (κ3) is 1.80. The molecule has 1 aromatic heterocycles. The molecule has 1 aromatic rings. The van der Waals surface area contributed by atoms with Gasteiger partial charge in [0.15, 0.2) is 0 Å². The lowest BCUT2D eigenvalue weighted by molar-refractivity contribution is 0.318. The van der Waals surface area contributed by atoms with E-state index in [0.29, 0.717) is 0 Å². The summed E-state index contributed by atoms with van der Waals surface area (Å²) in [6.45, 7) is 4.01. The molecule has 0 aliphatic carbocycles. The van der Waals surface area contributed by atoms with Crippen LogP contribution in [0, 0.1) is 6.92 Å². The van der Waals surface area contributed by atoms with Gasteiger partial charge in [0.2, 0.25) is 0 Å². The quantitative estimate of drug-likeness (QED) is 0.412. The van der Waals surface area contributed by atoms with Crippen LogP contribution in [-0.2, 0) is 0 Å². The third-order valence-electron chi connectivity index (χ3n) is 1.47. The van der Waals surface area contributed by atoms with Crippen LogP contribution < -0.4 is 0 Å². The molecule has 0 radical (unpaired) electrons. The van der Waals surface area contributed by atoms with Crippen LogP contribution in [0.15, 0.2) is 16.6 Å². The fourth-order valence-corrected chi connectivity index (χ4v) is 1.83. The molecule has 0 spiro atoms. The Hall–Kier alpha value is -0.830. The highest BCUT2D eigenvalue weighted by molar-refractivity contribution is 7.12. The lowest BCUT2D eigenvalue weighted by Gasteiger charge is -1.93. The van der Waals surface area contributed by atoms with Crippen molar-refractivity contribution >= 4 is 17.0 Å². The van der Waals surface area contributed by atoms with Crippen LogP contribution >= 0.6 is 11.3 Å². The minimum atomic E-state index is 0.767. The number of hydrogen-bond donors (Lipinski definition) is 1. The lowest BCUT2D eigenvalue weighted by atomic mass is 10.2. The van der Waals surface area contributed by atoms with Crippen molar-refractivity contribution in [2.45, 2.75) is 20.3 Å². The molecular formula is C8H11NOS. The van der Waals surface area contributed by atoms with Gasteiger partial charge in [0.05, 0.1) is 10.6 Å². The van der Waals surface area contributed by atoms with Gasteiger partial charge in [0.1, 0.15) is 0 Å². The highest BCUT2D eigenvalue weighted by atomic mass is 32.1. The number of hydrogen-bond acceptors (Lipinski definition) is 3. The van der Waals surface area contributed by atoms with E-state index in [-0.39, 0.29) is 0 Å².